The number of aryl methyl sites for hydroxylation is 2. The van der Waals surface area contributed by atoms with E-state index in [1.165, 1.54) is 30.3 Å². The molecule has 1 saturated heterocycles. The number of hydrogen-bond acceptors (Lipinski definition) is 5. The van der Waals surface area contributed by atoms with Gasteiger partial charge in [-0.1, -0.05) is 0 Å². The van der Waals surface area contributed by atoms with Gasteiger partial charge in [-0.2, -0.15) is 4.31 Å². The predicted molar refractivity (Wildman–Crippen MR) is 81.7 cm³/mol. The van der Waals surface area contributed by atoms with Crippen molar-refractivity contribution in [2.45, 2.75) is 31.6 Å². The normalized spacial score (nSPS) is 17.1. The summed E-state index contributed by atoms with van der Waals surface area (Å²) in [6, 6.07) is 2.57. The number of carboxylic acid groups (broad SMARTS) is 1. The molecule has 8 nitrogen and oxygen atoms in total. The second-order valence-electron chi connectivity index (χ2n) is 5.68. The molecule has 1 heterocycles. The molecule has 0 spiro atoms. The standard InChI is InChI=1S/C14H18N2O6S/c1-9-8-13(10(2)7-12(9)16(19)20)23(21,22)15-5-3-11(4-6-15)14(17)18/h7-8,11H,3-6H2,1-2H3,(H,17,18). The topological polar surface area (TPSA) is 118 Å². The van der Waals surface area contributed by atoms with E-state index in [4.69, 9.17) is 5.11 Å². The number of nitrogens with zero attached hydrogens (tertiary/aromatic N) is 2. The Balaban J connectivity index is 2.32. The number of benzene rings is 1. The van der Waals surface area contributed by atoms with Gasteiger partial charge in [-0.3, -0.25) is 14.9 Å². The van der Waals surface area contributed by atoms with Crippen LogP contribution in [0.4, 0.5) is 5.69 Å². The largest absolute Gasteiger partial charge is 0.481 e. The monoisotopic (exact) mass is 342 g/mol. The molecule has 0 saturated carbocycles. The molecule has 0 aromatic heterocycles. The zero-order valence-corrected chi connectivity index (χ0v) is 13.7. The smallest absolute Gasteiger partial charge is 0.306 e. The zero-order valence-electron chi connectivity index (χ0n) is 12.9. The summed E-state index contributed by atoms with van der Waals surface area (Å²) in [5.41, 5.74) is 0.466. The highest BCUT2D eigenvalue weighted by atomic mass is 32.2. The molecule has 1 aromatic carbocycles. The van der Waals surface area contributed by atoms with E-state index in [0.29, 0.717) is 5.56 Å². The molecule has 0 radical (unpaired) electrons. The van der Waals surface area contributed by atoms with Gasteiger partial charge in [0.25, 0.3) is 5.69 Å². The van der Waals surface area contributed by atoms with Gasteiger partial charge in [-0.15, -0.1) is 0 Å². The number of aliphatic carboxylic acids is 1. The first-order valence-electron chi connectivity index (χ1n) is 7.13. The molecule has 0 atom stereocenters. The van der Waals surface area contributed by atoms with Gasteiger partial charge in [0, 0.05) is 24.7 Å². The fourth-order valence-corrected chi connectivity index (χ4v) is 4.49. The molecule has 0 unspecified atom stereocenters. The minimum Gasteiger partial charge on any atom is -0.481 e. The molecule has 1 aromatic rings. The van der Waals surface area contributed by atoms with Gasteiger partial charge in [0.1, 0.15) is 0 Å². The van der Waals surface area contributed by atoms with Crippen LogP contribution in [0, 0.1) is 29.9 Å². The average Bonchev–Trinajstić information content (AvgIpc) is 2.48. The number of nitro groups is 1. The molecule has 1 aliphatic heterocycles. The summed E-state index contributed by atoms with van der Waals surface area (Å²) < 4.78 is 26.7. The molecule has 1 N–H and O–H groups in total. The second-order valence-corrected chi connectivity index (χ2v) is 7.58. The number of carboxylic acids is 1. The summed E-state index contributed by atoms with van der Waals surface area (Å²) in [6.07, 6.45) is 0.527. The van der Waals surface area contributed by atoms with E-state index in [0.717, 1.165) is 0 Å². The van der Waals surface area contributed by atoms with Gasteiger partial charge < -0.3 is 5.11 Å². The SMILES string of the molecule is Cc1cc(S(=O)(=O)N2CCC(C(=O)O)CC2)c(C)cc1[N+](=O)[O-]. The summed E-state index contributed by atoms with van der Waals surface area (Å²) in [7, 11) is -3.79. The lowest BCUT2D eigenvalue weighted by molar-refractivity contribution is -0.385. The van der Waals surface area contributed by atoms with Crippen molar-refractivity contribution in [1.82, 2.24) is 4.31 Å². The van der Waals surface area contributed by atoms with Gasteiger partial charge in [0.2, 0.25) is 10.0 Å². The molecule has 0 aliphatic carbocycles. The lowest BCUT2D eigenvalue weighted by atomic mass is 9.99. The number of rotatable bonds is 4. The van der Waals surface area contributed by atoms with Gasteiger partial charge >= 0.3 is 5.97 Å². The highest BCUT2D eigenvalue weighted by molar-refractivity contribution is 7.89. The average molecular weight is 342 g/mol. The molecule has 1 aliphatic rings. The van der Waals surface area contributed by atoms with E-state index in [-0.39, 0.29) is 42.1 Å². The van der Waals surface area contributed by atoms with Crippen molar-refractivity contribution in [3.63, 3.8) is 0 Å². The number of carbonyl (C=O) groups is 1. The van der Waals surface area contributed by atoms with E-state index in [1.54, 1.807) is 0 Å². The van der Waals surface area contributed by atoms with Crippen molar-refractivity contribution in [1.29, 1.82) is 0 Å². The lowest BCUT2D eigenvalue weighted by Crippen LogP contribution is -2.40. The highest BCUT2D eigenvalue weighted by Gasteiger charge is 2.33. The number of piperidine rings is 1. The van der Waals surface area contributed by atoms with E-state index < -0.39 is 26.8 Å². The maximum absolute atomic E-state index is 12.7. The molecule has 126 valence electrons. The van der Waals surface area contributed by atoms with Crippen LogP contribution in [0.3, 0.4) is 0 Å². The van der Waals surface area contributed by atoms with Crippen LogP contribution < -0.4 is 0 Å². The molecule has 23 heavy (non-hydrogen) atoms. The van der Waals surface area contributed by atoms with Crippen molar-refractivity contribution >= 4 is 21.7 Å². The Hall–Kier alpha value is -2.00. The molecule has 9 heteroatoms. The first kappa shape index (κ1) is 17.4. The predicted octanol–water partition coefficient (Wildman–Crippen LogP) is 1.70. The molecular formula is C14H18N2O6S. The van der Waals surface area contributed by atoms with Crippen LogP contribution in [0.2, 0.25) is 0 Å². The quantitative estimate of drug-likeness (QED) is 0.657. The summed E-state index contributed by atoms with van der Waals surface area (Å²) >= 11 is 0. The maximum atomic E-state index is 12.7. The summed E-state index contributed by atoms with van der Waals surface area (Å²) in [6.45, 7) is 3.28. The van der Waals surface area contributed by atoms with Crippen molar-refractivity contribution in [2.75, 3.05) is 13.1 Å². The molecular weight excluding hydrogens is 324 g/mol. The van der Waals surface area contributed by atoms with Crippen LogP contribution in [0.25, 0.3) is 0 Å². The van der Waals surface area contributed by atoms with Gasteiger partial charge in [0.05, 0.1) is 15.7 Å². The Morgan fingerprint density at radius 2 is 1.83 bits per heavy atom. The third kappa shape index (κ3) is 3.35. The Labute approximate surface area is 133 Å². The van der Waals surface area contributed by atoms with Crippen molar-refractivity contribution in [2.24, 2.45) is 5.92 Å². The first-order valence-corrected chi connectivity index (χ1v) is 8.57. The minimum absolute atomic E-state index is 0.0365. The second kappa shape index (κ2) is 6.25. The Kier molecular flexibility index (Phi) is 4.71. The van der Waals surface area contributed by atoms with Crippen molar-refractivity contribution in [3.05, 3.63) is 33.4 Å². The highest BCUT2D eigenvalue weighted by Crippen LogP contribution is 2.30. The van der Waals surface area contributed by atoms with Crippen LogP contribution in [-0.4, -0.2) is 41.8 Å². The zero-order chi connectivity index (χ0) is 17.4. The first-order chi connectivity index (χ1) is 10.6. The van der Waals surface area contributed by atoms with E-state index in [9.17, 15) is 23.3 Å². The Morgan fingerprint density at radius 1 is 1.26 bits per heavy atom. The molecule has 2 rings (SSSR count). The Bertz CT molecular complexity index is 751. The summed E-state index contributed by atoms with van der Waals surface area (Å²) in [4.78, 5) is 21.4. The Morgan fingerprint density at radius 3 is 2.30 bits per heavy atom. The van der Waals surface area contributed by atoms with Gasteiger partial charge in [-0.05, 0) is 38.3 Å². The number of sulfonamides is 1. The molecule has 0 bridgehead atoms. The number of hydrogen-bond donors (Lipinski definition) is 1. The van der Waals surface area contributed by atoms with Gasteiger partial charge in [0.15, 0.2) is 0 Å². The fourth-order valence-electron chi connectivity index (χ4n) is 2.73. The van der Waals surface area contributed by atoms with Crippen LogP contribution in [0.1, 0.15) is 24.0 Å². The third-order valence-electron chi connectivity index (χ3n) is 4.11. The molecule has 1 fully saturated rings. The van der Waals surface area contributed by atoms with Crippen molar-refractivity contribution in [3.8, 4) is 0 Å². The third-order valence-corrected chi connectivity index (χ3v) is 6.15. The van der Waals surface area contributed by atoms with Crippen LogP contribution >= 0.6 is 0 Å². The summed E-state index contributed by atoms with van der Waals surface area (Å²) in [5, 5.41) is 19.9. The fraction of sp³-hybridized carbons (Fsp3) is 0.500. The van der Waals surface area contributed by atoms with Crippen molar-refractivity contribution < 1.29 is 23.2 Å². The van der Waals surface area contributed by atoms with Crippen LogP contribution in [-0.2, 0) is 14.8 Å². The van der Waals surface area contributed by atoms with Crippen LogP contribution in [0.15, 0.2) is 17.0 Å². The van der Waals surface area contributed by atoms with Gasteiger partial charge in [-0.25, -0.2) is 8.42 Å². The lowest BCUT2D eigenvalue weighted by Gasteiger charge is -2.29. The van der Waals surface area contributed by atoms with E-state index in [2.05, 4.69) is 0 Å². The van der Waals surface area contributed by atoms with E-state index in [1.807, 2.05) is 0 Å². The van der Waals surface area contributed by atoms with Crippen LogP contribution in [0.5, 0.6) is 0 Å². The minimum atomic E-state index is -3.79. The summed E-state index contributed by atoms with van der Waals surface area (Å²) in [5.74, 6) is -1.44. The number of nitro benzene ring substituents is 1. The van der Waals surface area contributed by atoms with E-state index >= 15 is 0 Å². The molecule has 0 amide bonds. The maximum Gasteiger partial charge on any atom is 0.306 e.